The number of aromatic nitrogens is 3. The highest BCUT2D eigenvalue weighted by molar-refractivity contribution is 5.97. The van der Waals surface area contributed by atoms with Gasteiger partial charge in [-0.25, -0.2) is 0 Å². The normalized spacial score (nSPS) is 14.4. The third-order valence-corrected chi connectivity index (χ3v) is 3.99. The fourth-order valence-corrected chi connectivity index (χ4v) is 2.67. The van der Waals surface area contributed by atoms with Crippen LogP contribution in [-0.4, -0.2) is 34.5 Å². The number of nitrogens with zero attached hydrogens (tertiary/aromatic N) is 2. The number of ether oxygens (including phenoxy) is 2. The molecule has 122 valence electrons. The maximum absolute atomic E-state index is 12.5. The first-order valence-corrected chi connectivity index (χ1v) is 7.71. The first kappa shape index (κ1) is 14.5. The van der Waals surface area contributed by atoms with Gasteiger partial charge in [0.2, 0.25) is 0 Å². The predicted octanol–water partition coefficient (Wildman–Crippen LogP) is 2.22. The van der Waals surface area contributed by atoms with Crippen molar-refractivity contribution in [2.45, 2.75) is 13.0 Å². The molecule has 1 atom stereocenters. The zero-order valence-corrected chi connectivity index (χ0v) is 13.1. The van der Waals surface area contributed by atoms with E-state index in [1.807, 2.05) is 25.1 Å². The van der Waals surface area contributed by atoms with E-state index in [4.69, 9.17) is 9.47 Å². The fraction of sp³-hybridized carbons (Fsp3) is 0.235. The number of aromatic amines is 1. The van der Waals surface area contributed by atoms with Crippen molar-refractivity contribution in [2.24, 2.45) is 0 Å². The van der Waals surface area contributed by atoms with Crippen LogP contribution < -0.4 is 14.8 Å². The molecule has 3 aromatic rings. The number of carbonyl (C=O) groups excluding carboxylic acids is 1. The van der Waals surface area contributed by atoms with E-state index in [0.29, 0.717) is 30.0 Å². The number of carbonyl (C=O) groups is 1. The third kappa shape index (κ3) is 2.64. The minimum Gasteiger partial charge on any atom is -0.486 e. The smallest absolute Gasteiger partial charge is 0.251 e. The lowest BCUT2D eigenvalue weighted by molar-refractivity contribution is 0.0940. The molecule has 1 aliphatic heterocycles. The fourth-order valence-electron chi connectivity index (χ4n) is 2.67. The molecule has 2 heterocycles. The number of hydrogen-bond acceptors (Lipinski definition) is 5. The van der Waals surface area contributed by atoms with Crippen molar-refractivity contribution < 1.29 is 14.3 Å². The summed E-state index contributed by atoms with van der Waals surface area (Å²) in [7, 11) is 0. The molecule has 1 aromatic heterocycles. The van der Waals surface area contributed by atoms with Crippen molar-refractivity contribution in [3.63, 3.8) is 0 Å². The van der Waals surface area contributed by atoms with Crippen molar-refractivity contribution in [1.82, 2.24) is 20.7 Å². The summed E-state index contributed by atoms with van der Waals surface area (Å²) in [6.07, 6.45) is 0. The van der Waals surface area contributed by atoms with Crippen molar-refractivity contribution in [3.8, 4) is 11.5 Å². The summed E-state index contributed by atoms with van der Waals surface area (Å²) >= 11 is 0. The number of nitrogens with one attached hydrogen (secondary N) is 2. The molecule has 4 rings (SSSR count). The Morgan fingerprint density at radius 1 is 1.08 bits per heavy atom. The monoisotopic (exact) mass is 324 g/mol. The van der Waals surface area contributed by atoms with Crippen LogP contribution in [0.4, 0.5) is 0 Å². The average Bonchev–Trinajstić information content (AvgIpc) is 3.08. The number of rotatable bonds is 3. The minimum atomic E-state index is -0.165. The van der Waals surface area contributed by atoms with Gasteiger partial charge in [0.05, 0.1) is 6.04 Å². The highest BCUT2D eigenvalue weighted by atomic mass is 16.6. The Kier molecular flexibility index (Phi) is 3.53. The molecule has 0 saturated carbocycles. The van der Waals surface area contributed by atoms with E-state index in [9.17, 15) is 4.79 Å². The first-order valence-electron chi connectivity index (χ1n) is 7.71. The van der Waals surface area contributed by atoms with E-state index >= 15 is 0 Å². The molecule has 1 amide bonds. The number of fused-ring (bicyclic) bond motifs is 2. The lowest BCUT2D eigenvalue weighted by atomic mass is 10.1. The van der Waals surface area contributed by atoms with E-state index in [2.05, 4.69) is 20.7 Å². The molecule has 24 heavy (non-hydrogen) atoms. The molecule has 0 spiro atoms. The summed E-state index contributed by atoms with van der Waals surface area (Å²) in [5.74, 6) is 1.28. The van der Waals surface area contributed by atoms with Crippen LogP contribution >= 0.6 is 0 Å². The van der Waals surface area contributed by atoms with Gasteiger partial charge in [-0.1, -0.05) is 6.07 Å². The molecule has 0 bridgehead atoms. The van der Waals surface area contributed by atoms with Gasteiger partial charge in [0.15, 0.2) is 11.5 Å². The summed E-state index contributed by atoms with van der Waals surface area (Å²) in [6, 6.07) is 10.7. The van der Waals surface area contributed by atoms with Crippen LogP contribution in [0.25, 0.3) is 11.0 Å². The van der Waals surface area contributed by atoms with Gasteiger partial charge in [-0.2, -0.15) is 15.4 Å². The Morgan fingerprint density at radius 3 is 2.75 bits per heavy atom. The van der Waals surface area contributed by atoms with Crippen LogP contribution in [-0.2, 0) is 0 Å². The van der Waals surface area contributed by atoms with Crippen LogP contribution in [0.5, 0.6) is 11.5 Å². The van der Waals surface area contributed by atoms with E-state index < -0.39 is 0 Å². The second-order valence-electron chi connectivity index (χ2n) is 5.63. The Morgan fingerprint density at radius 2 is 1.88 bits per heavy atom. The lowest BCUT2D eigenvalue weighted by Crippen LogP contribution is -2.26. The SMILES string of the molecule is C[C@@H](NC(=O)c1ccc2n[nH]nc2c1)c1ccc2c(c1)OCCO2. The van der Waals surface area contributed by atoms with Gasteiger partial charge >= 0.3 is 0 Å². The minimum absolute atomic E-state index is 0.165. The van der Waals surface area contributed by atoms with Crippen molar-refractivity contribution in [1.29, 1.82) is 0 Å². The van der Waals surface area contributed by atoms with Gasteiger partial charge in [-0.15, -0.1) is 0 Å². The number of hydrogen-bond donors (Lipinski definition) is 2. The van der Waals surface area contributed by atoms with Crippen molar-refractivity contribution in [3.05, 3.63) is 47.5 Å². The lowest BCUT2D eigenvalue weighted by Gasteiger charge is -2.21. The van der Waals surface area contributed by atoms with Crippen LogP contribution in [0, 0.1) is 0 Å². The predicted molar refractivity (Wildman–Crippen MR) is 87.2 cm³/mol. The maximum atomic E-state index is 12.5. The molecule has 7 nitrogen and oxygen atoms in total. The van der Waals surface area contributed by atoms with Crippen LogP contribution in [0.2, 0.25) is 0 Å². The molecule has 0 aliphatic carbocycles. The first-order chi connectivity index (χ1) is 11.7. The largest absolute Gasteiger partial charge is 0.486 e. The van der Waals surface area contributed by atoms with Gasteiger partial charge in [0, 0.05) is 5.56 Å². The summed E-state index contributed by atoms with van der Waals surface area (Å²) < 4.78 is 11.1. The van der Waals surface area contributed by atoms with Crippen LogP contribution in [0.1, 0.15) is 28.9 Å². The van der Waals surface area contributed by atoms with E-state index in [-0.39, 0.29) is 11.9 Å². The average molecular weight is 324 g/mol. The van der Waals surface area contributed by atoms with E-state index in [1.54, 1.807) is 18.2 Å². The maximum Gasteiger partial charge on any atom is 0.251 e. The molecule has 1 aliphatic rings. The van der Waals surface area contributed by atoms with Gasteiger partial charge in [-0.05, 0) is 42.8 Å². The molecule has 2 aromatic carbocycles. The van der Waals surface area contributed by atoms with Gasteiger partial charge in [0.25, 0.3) is 5.91 Å². The molecular weight excluding hydrogens is 308 g/mol. The molecule has 0 fully saturated rings. The Hall–Kier alpha value is -3.09. The standard InChI is InChI=1S/C17H16N4O3/c1-10(11-3-5-15-16(9-11)24-7-6-23-15)18-17(22)12-2-4-13-14(8-12)20-21-19-13/h2-5,8-10H,6-7H2,1H3,(H,18,22)(H,19,20,21)/t10-/m1/s1. The number of H-pyrrole nitrogens is 1. The second-order valence-corrected chi connectivity index (χ2v) is 5.63. The third-order valence-electron chi connectivity index (χ3n) is 3.99. The van der Waals surface area contributed by atoms with Gasteiger partial charge in [-0.3, -0.25) is 4.79 Å². The zero-order valence-electron chi connectivity index (χ0n) is 13.1. The molecule has 7 heteroatoms. The van der Waals surface area contributed by atoms with E-state index in [1.165, 1.54) is 0 Å². The second kappa shape index (κ2) is 5.84. The highest BCUT2D eigenvalue weighted by Crippen LogP contribution is 2.32. The highest BCUT2D eigenvalue weighted by Gasteiger charge is 2.17. The van der Waals surface area contributed by atoms with Crippen LogP contribution in [0.3, 0.4) is 0 Å². The molecular formula is C17H16N4O3. The Balaban J connectivity index is 1.52. The van der Waals surface area contributed by atoms with Crippen molar-refractivity contribution in [2.75, 3.05) is 13.2 Å². The van der Waals surface area contributed by atoms with E-state index in [0.717, 1.165) is 16.8 Å². The molecule has 0 saturated heterocycles. The van der Waals surface area contributed by atoms with Gasteiger partial charge < -0.3 is 14.8 Å². The Labute approximate surface area is 138 Å². The topological polar surface area (TPSA) is 89.1 Å². The molecule has 0 unspecified atom stereocenters. The molecule has 0 radical (unpaired) electrons. The number of amides is 1. The van der Waals surface area contributed by atoms with Gasteiger partial charge in [0.1, 0.15) is 24.2 Å². The Bertz CT molecular complexity index is 906. The summed E-state index contributed by atoms with van der Waals surface area (Å²) in [4.78, 5) is 12.5. The zero-order chi connectivity index (χ0) is 16.5. The quantitative estimate of drug-likeness (QED) is 0.771. The summed E-state index contributed by atoms with van der Waals surface area (Å²) in [5.41, 5.74) is 2.89. The van der Waals surface area contributed by atoms with Crippen LogP contribution in [0.15, 0.2) is 36.4 Å². The summed E-state index contributed by atoms with van der Waals surface area (Å²) in [5, 5.41) is 13.5. The number of benzene rings is 2. The molecule has 2 N–H and O–H groups in total. The van der Waals surface area contributed by atoms with Crippen molar-refractivity contribution >= 4 is 16.9 Å². The summed E-state index contributed by atoms with van der Waals surface area (Å²) in [6.45, 7) is 3.02.